The summed E-state index contributed by atoms with van der Waals surface area (Å²) in [7, 11) is -3.53. The molecule has 1 aliphatic rings. The number of benzene rings is 1. The van der Waals surface area contributed by atoms with Gasteiger partial charge in [0.05, 0.1) is 22.4 Å². The topological polar surface area (TPSA) is 83.8 Å². The lowest BCUT2D eigenvalue weighted by Crippen LogP contribution is -2.27. The van der Waals surface area contributed by atoms with Crippen molar-refractivity contribution in [2.24, 2.45) is 0 Å². The minimum atomic E-state index is -3.53. The summed E-state index contributed by atoms with van der Waals surface area (Å²) in [6, 6.07) is 6.17. The molecule has 0 aliphatic heterocycles. The summed E-state index contributed by atoms with van der Waals surface area (Å²) in [5.74, 6) is 0.399. The Balaban J connectivity index is 2.24. The molecule has 0 amide bonds. The molecule has 106 valence electrons. The quantitative estimate of drug-likeness (QED) is 0.806. The van der Waals surface area contributed by atoms with E-state index in [9.17, 15) is 13.5 Å². The van der Waals surface area contributed by atoms with Crippen LogP contribution >= 0.6 is 0 Å². The van der Waals surface area contributed by atoms with Gasteiger partial charge in [-0.25, -0.2) is 8.42 Å². The van der Waals surface area contributed by atoms with Gasteiger partial charge in [-0.15, -0.1) is 0 Å². The summed E-state index contributed by atoms with van der Waals surface area (Å²) in [6.07, 6.45) is 0.363. The Morgan fingerprint density at radius 2 is 2.11 bits per heavy atom. The van der Waals surface area contributed by atoms with E-state index in [-0.39, 0.29) is 18.1 Å². The van der Waals surface area contributed by atoms with Crippen molar-refractivity contribution < 1.29 is 23.4 Å². The summed E-state index contributed by atoms with van der Waals surface area (Å²) in [4.78, 5) is 0.155. The Morgan fingerprint density at radius 3 is 2.63 bits per heavy atom. The zero-order valence-corrected chi connectivity index (χ0v) is 11.6. The molecule has 2 rings (SSSR count). The van der Waals surface area contributed by atoms with Crippen molar-refractivity contribution in [3.8, 4) is 5.75 Å². The van der Waals surface area contributed by atoms with Crippen LogP contribution in [0.5, 0.6) is 5.75 Å². The lowest BCUT2D eigenvalue weighted by atomic mass is 10.3. The third-order valence-corrected chi connectivity index (χ3v) is 5.82. The van der Waals surface area contributed by atoms with Crippen molar-refractivity contribution in [2.75, 3.05) is 13.2 Å². The predicted octanol–water partition coefficient (Wildman–Crippen LogP) is 0.745. The predicted molar refractivity (Wildman–Crippen MR) is 69.9 cm³/mol. The Kier molecular flexibility index (Phi) is 3.85. The van der Waals surface area contributed by atoms with Crippen molar-refractivity contribution in [3.63, 3.8) is 0 Å². The van der Waals surface area contributed by atoms with E-state index in [1.54, 1.807) is 19.1 Å². The zero-order valence-electron chi connectivity index (χ0n) is 10.7. The van der Waals surface area contributed by atoms with E-state index in [0.29, 0.717) is 18.6 Å². The maximum absolute atomic E-state index is 12.4. The Labute approximate surface area is 112 Å². The number of hydrogen-bond acceptors (Lipinski definition) is 5. The average Bonchev–Trinajstić information content (AvgIpc) is 3.18. The fourth-order valence-electron chi connectivity index (χ4n) is 1.85. The number of aliphatic hydroxyl groups excluding tert-OH is 2. The minimum absolute atomic E-state index is 0.106. The summed E-state index contributed by atoms with van der Waals surface area (Å²) in [5, 5.41) is 18.4. The average molecular weight is 286 g/mol. The molecule has 0 aromatic heterocycles. The highest BCUT2D eigenvalue weighted by molar-refractivity contribution is 7.93. The third-order valence-electron chi connectivity index (χ3n) is 3.27. The maximum atomic E-state index is 12.4. The van der Waals surface area contributed by atoms with Gasteiger partial charge in [0.25, 0.3) is 0 Å². The number of sulfone groups is 1. The molecule has 0 spiro atoms. The van der Waals surface area contributed by atoms with Gasteiger partial charge in [-0.3, -0.25) is 0 Å². The molecule has 1 fully saturated rings. The van der Waals surface area contributed by atoms with Gasteiger partial charge in [-0.05, 0) is 38.0 Å². The van der Waals surface area contributed by atoms with Gasteiger partial charge in [0.2, 0.25) is 0 Å². The summed E-state index contributed by atoms with van der Waals surface area (Å²) in [6.45, 7) is 1.34. The molecule has 0 radical (unpaired) electrons. The van der Waals surface area contributed by atoms with Crippen LogP contribution in [0.3, 0.4) is 0 Å². The van der Waals surface area contributed by atoms with Gasteiger partial charge in [-0.1, -0.05) is 6.07 Å². The first-order valence-electron chi connectivity index (χ1n) is 6.18. The number of hydrogen-bond donors (Lipinski definition) is 2. The third kappa shape index (κ3) is 2.75. The molecule has 1 aromatic rings. The van der Waals surface area contributed by atoms with Crippen LogP contribution in [0.2, 0.25) is 0 Å². The van der Waals surface area contributed by atoms with E-state index in [2.05, 4.69) is 0 Å². The largest absolute Gasteiger partial charge is 0.491 e. The van der Waals surface area contributed by atoms with Gasteiger partial charge >= 0.3 is 0 Å². The Bertz CT molecular complexity index is 546. The molecular weight excluding hydrogens is 268 g/mol. The van der Waals surface area contributed by atoms with Crippen molar-refractivity contribution >= 4 is 9.84 Å². The van der Waals surface area contributed by atoms with Crippen LogP contribution in [-0.2, 0) is 9.84 Å². The maximum Gasteiger partial charge on any atom is 0.186 e. The van der Waals surface area contributed by atoms with E-state index in [0.717, 1.165) is 0 Å². The first-order valence-corrected chi connectivity index (χ1v) is 7.66. The minimum Gasteiger partial charge on any atom is -0.491 e. The number of aliphatic hydroxyl groups is 2. The van der Waals surface area contributed by atoms with Crippen LogP contribution in [0.15, 0.2) is 29.2 Å². The van der Waals surface area contributed by atoms with Crippen molar-refractivity contribution in [3.05, 3.63) is 24.3 Å². The molecule has 1 atom stereocenters. The number of ether oxygens (including phenoxy) is 1. The molecule has 6 heteroatoms. The monoisotopic (exact) mass is 286 g/mol. The Morgan fingerprint density at radius 1 is 1.42 bits per heavy atom. The standard InChI is InChI=1S/C13H18O5S/c1-10(15)8-18-11-3-2-4-12(7-11)19(16,17)13(9-14)5-6-13/h2-4,7,10,14-15H,5-6,8-9H2,1H3/t10-/m0/s1. The molecule has 1 saturated carbocycles. The summed E-state index contributed by atoms with van der Waals surface area (Å²) < 4.78 is 29.0. The van der Waals surface area contributed by atoms with E-state index in [1.165, 1.54) is 12.1 Å². The van der Waals surface area contributed by atoms with Crippen LogP contribution in [0.25, 0.3) is 0 Å². The molecule has 0 unspecified atom stereocenters. The molecule has 5 nitrogen and oxygen atoms in total. The molecular formula is C13H18O5S. The number of rotatable bonds is 6. The molecule has 19 heavy (non-hydrogen) atoms. The smallest absolute Gasteiger partial charge is 0.186 e. The molecule has 1 aliphatic carbocycles. The van der Waals surface area contributed by atoms with Crippen molar-refractivity contribution in [2.45, 2.75) is 35.5 Å². The second-order valence-corrected chi connectivity index (χ2v) is 7.32. The van der Waals surface area contributed by atoms with Gasteiger partial charge in [-0.2, -0.15) is 0 Å². The van der Waals surface area contributed by atoms with Crippen LogP contribution in [0.1, 0.15) is 19.8 Å². The van der Waals surface area contributed by atoms with Crippen molar-refractivity contribution in [1.29, 1.82) is 0 Å². The van der Waals surface area contributed by atoms with Crippen molar-refractivity contribution in [1.82, 2.24) is 0 Å². The first-order chi connectivity index (χ1) is 8.91. The lowest BCUT2D eigenvalue weighted by molar-refractivity contribution is 0.122. The van der Waals surface area contributed by atoms with Crippen LogP contribution in [0.4, 0.5) is 0 Å². The van der Waals surface area contributed by atoms with Gasteiger partial charge in [0, 0.05) is 0 Å². The summed E-state index contributed by atoms with van der Waals surface area (Å²) >= 11 is 0. The van der Waals surface area contributed by atoms with Crippen LogP contribution < -0.4 is 4.74 Å². The molecule has 0 bridgehead atoms. The SMILES string of the molecule is C[C@H](O)COc1cccc(S(=O)(=O)C2(CO)CC2)c1. The van der Waals surface area contributed by atoms with Gasteiger partial charge in [0.15, 0.2) is 9.84 Å². The zero-order chi connectivity index (χ0) is 14.1. The highest BCUT2D eigenvalue weighted by Gasteiger charge is 2.54. The van der Waals surface area contributed by atoms with E-state index in [4.69, 9.17) is 9.84 Å². The van der Waals surface area contributed by atoms with E-state index < -0.39 is 20.7 Å². The second-order valence-electron chi connectivity index (χ2n) is 4.98. The molecule has 2 N–H and O–H groups in total. The second kappa shape index (κ2) is 5.11. The lowest BCUT2D eigenvalue weighted by Gasteiger charge is -2.14. The molecule has 1 aromatic carbocycles. The fourth-order valence-corrected chi connectivity index (χ4v) is 3.69. The highest BCUT2D eigenvalue weighted by Crippen LogP contribution is 2.46. The van der Waals surface area contributed by atoms with Gasteiger partial charge in [0.1, 0.15) is 12.4 Å². The van der Waals surface area contributed by atoms with Gasteiger partial charge < -0.3 is 14.9 Å². The molecule has 0 heterocycles. The van der Waals surface area contributed by atoms with E-state index in [1.807, 2.05) is 0 Å². The van der Waals surface area contributed by atoms with Crippen LogP contribution in [0, 0.1) is 0 Å². The first kappa shape index (κ1) is 14.3. The molecule has 0 saturated heterocycles. The summed E-state index contributed by atoms with van der Waals surface area (Å²) in [5.41, 5.74) is 0. The normalized spacial score (nSPS) is 18.9. The van der Waals surface area contributed by atoms with E-state index >= 15 is 0 Å². The highest BCUT2D eigenvalue weighted by atomic mass is 32.2. The Hall–Kier alpha value is -1.11. The van der Waals surface area contributed by atoms with Crippen LogP contribution in [-0.4, -0.2) is 42.7 Å². The fraction of sp³-hybridized carbons (Fsp3) is 0.538.